The predicted octanol–water partition coefficient (Wildman–Crippen LogP) is 4.66. The molecule has 138 valence electrons. The molecule has 0 bridgehead atoms. The zero-order valence-corrected chi connectivity index (χ0v) is 16.0. The molecule has 6 heteroatoms. The largest absolute Gasteiger partial charge is 0.497 e. The number of carbonyl (C=O) groups excluding carboxylic acids is 1. The molecule has 0 fully saturated rings. The third-order valence-corrected chi connectivity index (χ3v) is 5.55. The molecule has 1 aliphatic carbocycles. The van der Waals surface area contributed by atoms with Crippen molar-refractivity contribution >= 4 is 23.1 Å². The van der Waals surface area contributed by atoms with Gasteiger partial charge in [0.1, 0.15) is 11.4 Å². The van der Waals surface area contributed by atoms with Gasteiger partial charge in [0, 0.05) is 23.1 Å². The average Bonchev–Trinajstić information content (AvgIpc) is 3.23. The maximum Gasteiger partial charge on any atom is 0.224 e. The Morgan fingerprint density at radius 3 is 2.85 bits per heavy atom. The lowest BCUT2D eigenvalue weighted by Gasteiger charge is -2.25. The maximum atomic E-state index is 12.6. The predicted molar refractivity (Wildman–Crippen MR) is 107 cm³/mol. The molecule has 1 unspecified atom stereocenters. The van der Waals surface area contributed by atoms with Gasteiger partial charge in [-0.25, -0.2) is 0 Å². The minimum Gasteiger partial charge on any atom is -0.497 e. The van der Waals surface area contributed by atoms with Gasteiger partial charge in [-0.2, -0.15) is 0 Å². The second-order valence-electron chi connectivity index (χ2n) is 6.77. The van der Waals surface area contributed by atoms with Crippen LogP contribution in [0, 0.1) is 0 Å². The van der Waals surface area contributed by atoms with Crippen LogP contribution in [-0.4, -0.2) is 22.6 Å². The van der Waals surface area contributed by atoms with Crippen molar-refractivity contribution in [1.29, 1.82) is 0 Å². The molecule has 1 atom stereocenters. The highest BCUT2D eigenvalue weighted by Gasteiger charge is 2.23. The van der Waals surface area contributed by atoms with Crippen molar-refractivity contribution in [3.05, 3.63) is 59.0 Å². The number of hydrogen-bond donors (Lipinski definition) is 1. The Bertz CT molecular complexity index is 923. The SMILES string of the molecule is COc1ccc2c(c1)CCCC2CC(=O)Nc1ccc(-c2csnn2)cc1. The first kappa shape index (κ1) is 17.7. The smallest absolute Gasteiger partial charge is 0.224 e. The summed E-state index contributed by atoms with van der Waals surface area (Å²) in [5.74, 6) is 1.20. The molecule has 1 heterocycles. The molecule has 1 N–H and O–H groups in total. The van der Waals surface area contributed by atoms with E-state index in [4.69, 9.17) is 4.74 Å². The number of ether oxygens (including phenoxy) is 1. The van der Waals surface area contributed by atoms with Gasteiger partial charge in [0.25, 0.3) is 0 Å². The Kier molecular flexibility index (Phi) is 5.16. The second kappa shape index (κ2) is 7.88. The lowest BCUT2D eigenvalue weighted by atomic mass is 9.81. The fourth-order valence-electron chi connectivity index (χ4n) is 3.68. The average molecular weight is 379 g/mol. The summed E-state index contributed by atoms with van der Waals surface area (Å²) in [6.45, 7) is 0. The summed E-state index contributed by atoms with van der Waals surface area (Å²) in [6.07, 6.45) is 3.70. The number of nitrogens with one attached hydrogen (secondary N) is 1. The number of carbonyl (C=O) groups is 1. The molecule has 1 amide bonds. The van der Waals surface area contributed by atoms with Crippen LogP contribution in [0.2, 0.25) is 0 Å². The summed E-state index contributed by atoms with van der Waals surface area (Å²) in [5, 5.41) is 8.98. The first-order valence-electron chi connectivity index (χ1n) is 9.07. The molecular formula is C21H21N3O2S. The summed E-state index contributed by atoms with van der Waals surface area (Å²) in [7, 11) is 1.69. The number of methoxy groups -OCH3 is 1. The van der Waals surface area contributed by atoms with E-state index in [1.165, 1.54) is 22.7 Å². The van der Waals surface area contributed by atoms with Crippen LogP contribution in [0.1, 0.15) is 36.3 Å². The van der Waals surface area contributed by atoms with Gasteiger partial charge in [-0.3, -0.25) is 4.79 Å². The van der Waals surface area contributed by atoms with Crippen LogP contribution in [0.3, 0.4) is 0 Å². The van der Waals surface area contributed by atoms with E-state index in [-0.39, 0.29) is 11.8 Å². The number of fused-ring (bicyclic) bond motifs is 1. The lowest BCUT2D eigenvalue weighted by Crippen LogP contribution is -2.18. The number of hydrogen-bond acceptors (Lipinski definition) is 5. The molecule has 0 saturated heterocycles. The number of benzene rings is 2. The van der Waals surface area contributed by atoms with Crippen LogP contribution in [0.15, 0.2) is 47.8 Å². The van der Waals surface area contributed by atoms with Crippen molar-refractivity contribution in [1.82, 2.24) is 9.59 Å². The Labute approximate surface area is 162 Å². The summed E-state index contributed by atoms with van der Waals surface area (Å²) in [4.78, 5) is 12.6. The molecule has 3 aromatic rings. The van der Waals surface area contributed by atoms with E-state index in [2.05, 4.69) is 27.0 Å². The summed E-state index contributed by atoms with van der Waals surface area (Å²) in [5.41, 5.74) is 5.24. The van der Waals surface area contributed by atoms with Crippen LogP contribution in [0.25, 0.3) is 11.3 Å². The van der Waals surface area contributed by atoms with Crippen LogP contribution < -0.4 is 10.1 Å². The molecular weight excluding hydrogens is 358 g/mol. The minimum atomic E-state index is 0.0479. The van der Waals surface area contributed by atoms with Crippen LogP contribution in [0.4, 0.5) is 5.69 Å². The van der Waals surface area contributed by atoms with Gasteiger partial charge in [-0.1, -0.05) is 22.7 Å². The second-order valence-corrected chi connectivity index (χ2v) is 7.38. The molecule has 0 aliphatic heterocycles. The van der Waals surface area contributed by atoms with Gasteiger partial charge in [0.05, 0.1) is 7.11 Å². The summed E-state index contributed by atoms with van der Waals surface area (Å²) in [6, 6.07) is 13.9. The first-order chi connectivity index (χ1) is 13.2. The fourth-order valence-corrected chi connectivity index (χ4v) is 4.15. The minimum absolute atomic E-state index is 0.0479. The quantitative estimate of drug-likeness (QED) is 0.700. The Balaban J connectivity index is 1.41. The van der Waals surface area contributed by atoms with E-state index in [9.17, 15) is 4.79 Å². The number of anilines is 1. The van der Waals surface area contributed by atoms with Crippen molar-refractivity contribution in [2.75, 3.05) is 12.4 Å². The molecule has 27 heavy (non-hydrogen) atoms. The van der Waals surface area contributed by atoms with E-state index >= 15 is 0 Å². The monoisotopic (exact) mass is 379 g/mol. The third kappa shape index (κ3) is 4.01. The maximum absolute atomic E-state index is 12.6. The topological polar surface area (TPSA) is 64.1 Å². The van der Waals surface area contributed by atoms with Crippen molar-refractivity contribution in [2.24, 2.45) is 0 Å². The molecule has 0 saturated carbocycles. The molecule has 0 radical (unpaired) electrons. The van der Waals surface area contributed by atoms with Gasteiger partial charge in [0.15, 0.2) is 0 Å². The molecule has 4 rings (SSSR count). The number of rotatable bonds is 5. The highest BCUT2D eigenvalue weighted by atomic mass is 32.1. The first-order valence-corrected chi connectivity index (χ1v) is 9.91. The van der Waals surface area contributed by atoms with Gasteiger partial charge < -0.3 is 10.1 Å². The fraction of sp³-hybridized carbons (Fsp3) is 0.286. The molecule has 5 nitrogen and oxygen atoms in total. The lowest BCUT2D eigenvalue weighted by molar-refractivity contribution is -0.116. The zero-order chi connectivity index (χ0) is 18.6. The van der Waals surface area contributed by atoms with E-state index in [1.807, 2.05) is 35.7 Å². The number of aromatic nitrogens is 2. The normalized spacial score (nSPS) is 15.8. The summed E-state index contributed by atoms with van der Waals surface area (Å²) >= 11 is 1.33. The van der Waals surface area contributed by atoms with Crippen molar-refractivity contribution < 1.29 is 9.53 Å². The molecule has 1 aliphatic rings. The number of aryl methyl sites for hydroxylation is 1. The van der Waals surface area contributed by atoms with Crippen LogP contribution >= 0.6 is 11.5 Å². The number of amides is 1. The van der Waals surface area contributed by atoms with E-state index in [0.717, 1.165) is 42.0 Å². The Morgan fingerprint density at radius 2 is 2.11 bits per heavy atom. The van der Waals surface area contributed by atoms with Crippen molar-refractivity contribution in [2.45, 2.75) is 31.6 Å². The molecule has 0 spiro atoms. The Hall–Kier alpha value is -2.73. The zero-order valence-electron chi connectivity index (χ0n) is 15.1. The van der Waals surface area contributed by atoms with Crippen molar-refractivity contribution in [3.8, 4) is 17.0 Å². The van der Waals surface area contributed by atoms with Gasteiger partial charge in [-0.15, -0.1) is 5.10 Å². The van der Waals surface area contributed by atoms with Gasteiger partial charge in [0.2, 0.25) is 5.91 Å². The highest BCUT2D eigenvalue weighted by Crippen LogP contribution is 2.36. The Morgan fingerprint density at radius 1 is 1.26 bits per heavy atom. The van der Waals surface area contributed by atoms with E-state index < -0.39 is 0 Å². The van der Waals surface area contributed by atoms with Crippen molar-refractivity contribution in [3.63, 3.8) is 0 Å². The van der Waals surface area contributed by atoms with Gasteiger partial charge in [-0.05, 0) is 72.1 Å². The van der Waals surface area contributed by atoms with Crippen LogP contribution in [-0.2, 0) is 11.2 Å². The van der Waals surface area contributed by atoms with E-state index in [0.29, 0.717) is 6.42 Å². The van der Waals surface area contributed by atoms with Gasteiger partial charge >= 0.3 is 0 Å². The molecule has 2 aromatic carbocycles. The van der Waals surface area contributed by atoms with E-state index in [1.54, 1.807) is 7.11 Å². The molecule has 1 aromatic heterocycles. The highest BCUT2D eigenvalue weighted by molar-refractivity contribution is 7.03. The third-order valence-electron chi connectivity index (χ3n) is 5.04. The number of nitrogens with zero attached hydrogens (tertiary/aromatic N) is 2. The standard InChI is InChI=1S/C21H21N3O2S/c1-26-18-9-10-19-15(11-18)3-2-4-16(19)12-21(25)22-17-7-5-14(6-8-17)20-13-27-24-23-20/h5-11,13,16H,2-4,12H2,1H3,(H,22,25). The summed E-state index contributed by atoms with van der Waals surface area (Å²) < 4.78 is 9.20. The van der Waals surface area contributed by atoms with Crippen LogP contribution in [0.5, 0.6) is 5.75 Å².